The van der Waals surface area contributed by atoms with E-state index < -0.39 is 5.97 Å². The molecule has 3 aromatic rings. The van der Waals surface area contributed by atoms with Gasteiger partial charge in [0.15, 0.2) is 0 Å². The van der Waals surface area contributed by atoms with Gasteiger partial charge in [-0.25, -0.2) is 9.18 Å². The van der Waals surface area contributed by atoms with Gasteiger partial charge in [-0.05, 0) is 43.2 Å². The summed E-state index contributed by atoms with van der Waals surface area (Å²) in [6.45, 7) is 3.91. The van der Waals surface area contributed by atoms with Crippen molar-refractivity contribution in [1.82, 2.24) is 0 Å². The van der Waals surface area contributed by atoms with Gasteiger partial charge in [-0.1, -0.05) is 42.0 Å². The second-order valence-electron chi connectivity index (χ2n) is 6.31. The number of esters is 1. The molecule has 0 fully saturated rings. The van der Waals surface area contributed by atoms with Gasteiger partial charge in [0.1, 0.15) is 16.4 Å². The SMILES string of the molecule is CCOC(=O)c1c(-c2ccc(F)cc2)csc1NC(=O)/C=C/c1ccc(C)cc1. The first kappa shape index (κ1) is 20.5. The van der Waals surface area contributed by atoms with Gasteiger partial charge in [0, 0.05) is 17.0 Å². The van der Waals surface area contributed by atoms with Crippen LogP contribution in [0.2, 0.25) is 0 Å². The van der Waals surface area contributed by atoms with E-state index in [-0.39, 0.29) is 23.9 Å². The van der Waals surface area contributed by atoms with Crippen molar-refractivity contribution >= 4 is 34.3 Å². The van der Waals surface area contributed by atoms with E-state index in [4.69, 9.17) is 4.74 Å². The van der Waals surface area contributed by atoms with E-state index in [0.29, 0.717) is 16.1 Å². The van der Waals surface area contributed by atoms with Crippen LogP contribution in [-0.4, -0.2) is 18.5 Å². The number of rotatable bonds is 6. The molecular formula is C23H20FNO3S. The Balaban J connectivity index is 1.86. The summed E-state index contributed by atoms with van der Waals surface area (Å²) in [7, 11) is 0. The lowest BCUT2D eigenvalue weighted by atomic mass is 10.0. The molecule has 6 heteroatoms. The van der Waals surface area contributed by atoms with Crippen molar-refractivity contribution in [1.29, 1.82) is 0 Å². The maximum atomic E-state index is 13.3. The van der Waals surface area contributed by atoms with E-state index in [1.807, 2.05) is 31.2 Å². The number of hydrogen-bond acceptors (Lipinski definition) is 4. The first-order chi connectivity index (χ1) is 14.0. The fourth-order valence-corrected chi connectivity index (χ4v) is 3.66. The van der Waals surface area contributed by atoms with Crippen molar-refractivity contribution in [2.24, 2.45) is 0 Å². The number of thiophene rings is 1. The highest BCUT2D eigenvalue weighted by Gasteiger charge is 2.22. The summed E-state index contributed by atoms with van der Waals surface area (Å²) in [6.07, 6.45) is 3.12. The molecule has 29 heavy (non-hydrogen) atoms. The fourth-order valence-electron chi connectivity index (χ4n) is 2.70. The van der Waals surface area contributed by atoms with Gasteiger partial charge in [-0.2, -0.15) is 0 Å². The number of hydrogen-bond donors (Lipinski definition) is 1. The lowest BCUT2D eigenvalue weighted by Gasteiger charge is -2.08. The molecule has 0 aliphatic carbocycles. The minimum absolute atomic E-state index is 0.207. The molecule has 0 aliphatic rings. The Bertz CT molecular complexity index is 1040. The van der Waals surface area contributed by atoms with Gasteiger partial charge in [-0.3, -0.25) is 4.79 Å². The van der Waals surface area contributed by atoms with Crippen LogP contribution in [0.15, 0.2) is 60.0 Å². The molecule has 1 amide bonds. The van der Waals surface area contributed by atoms with E-state index in [9.17, 15) is 14.0 Å². The Morgan fingerprint density at radius 3 is 2.45 bits per heavy atom. The number of nitrogens with one attached hydrogen (secondary N) is 1. The maximum absolute atomic E-state index is 13.3. The van der Waals surface area contributed by atoms with Gasteiger partial charge in [0.2, 0.25) is 5.91 Å². The van der Waals surface area contributed by atoms with Crippen molar-refractivity contribution in [2.45, 2.75) is 13.8 Å². The number of carbonyl (C=O) groups excluding carboxylic acids is 2. The molecule has 0 bridgehead atoms. The zero-order valence-corrected chi connectivity index (χ0v) is 16.9. The third-order valence-electron chi connectivity index (χ3n) is 4.17. The number of halogens is 1. The Morgan fingerprint density at radius 2 is 1.79 bits per heavy atom. The largest absolute Gasteiger partial charge is 0.462 e. The summed E-state index contributed by atoms with van der Waals surface area (Å²) in [5, 5.41) is 4.89. The van der Waals surface area contributed by atoms with Crippen LogP contribution in [0.5, 0.6) is 0 Å². The van der Waals surface area contributed by atoms with E-state index in [0.717, 1.165) is 11.1 Å². The van der Waals surface area contributed by atoms with E-state index in [2.05, 4.69) is 5.32 Å². The molecule has 0 radical (unpaired) electrons. The van der Waals surface area contributed by atoms with E-state index in [1.165, 1.54) is 29.5 Å². The maximum Gasteiger partial charge on any atom is 0.341 e. The molecule has 0 unspecified atom stereocenters. The second-order valence-corrected chi connectivity index (χ2v) is 7.19. The number of ether oxygens (including phenoxy) is 1. The fraction of sp³-hybridized carbons (Fsp3) is 0.130. The number of benzene rings is 2. The monoisotopic (exact) mass is 409 g/mol. The lowest BCUT2D eigenvalue weighted by molar-refractivity contribution is -0.111. The zero-order chi connectivity index (χ0) is 20.8. The van der Waals surface area contributed by atoms with Crippen LogP contribution in [-0.2, 0) is 9.53 Å². The molecular weight excluding hydrogens is 389 g/mol. The highest BCUT2D eigenvalue weighted by Crippen LogP contribution is 2.36. The molecule has 1 heterocycles. The average molecular weight is 409 g/mol. The first-order valence-electron chi connectivity index (χ1n) is 9.08. The molecule has 4 nitrogen and oxygen atoms in total. The normalized spacial score (nSPS) is 10.9. The molecule has 3 rings (SSSR count). The molecule has 0 aliphatic heterocycles. The zero-order valence-electron chi connectivity index (χ0n) is 16.1. The minimum Gasteiger partial charge on any atom is -0.462 e. The van der Waals surface area contributed by atoms with E-state index >= 15 is 0 Å². The lowest BCUT2D eigenvalue weighted by Crippen LogP contribution is -2.12. The van der Waals surface area contributed by atoms with Gasteiger partial charge in [0.05, 0.1) is 6.61 Å². The summed E-state index contributed by atoms with van der Waals surface area (Å²) in [5.41, 5.74) is 3.56. The standard InChI is InChI=1S/C23H20FNO3S/c1-3-28-23(27)21-19(17-9-11-18(24)12-10-17)14-29-22(21)25-20(26)13-8-16-6-4-15(2)5-7-16/h4-14H,3H2,1-2H3,(H,25,26)/b13-8+. The molecule has 0 saturated heterocycles. The molecule has 1 N–H and O–H groups in total. The Labute approximate surface area is 172 Å². The number of amides is 1. The molecule has 0 atom stereocenters. The average Bonchev–Trinajstić information content (AvgIpc) is 3.12. The van der Waals surface area contributed by atoms with Gasteiger partial charge < -0.3 is 10.1 Å². The highest BCUT2D eigenvalue weighted by molar-refractivity contribution is 7.15. The second kappa shape index (κ2) is 9.30. The van der Waals surface area contributed by atoms with E-state index in [1.54, 1.807) is 30.5 Å². The Hall–Kier alpha value is -3.25. The predicted molar refractivity (Wildman–Crippen MR) is 115 cm³/mol. The topological polar surface area (TPSA) is 55.4 Å². The number of anilines is 1. The first-order valence-corrected chi connectivity index (χ1v) is 9.96. The highest BCUT2D eigenvalue weighted by atomic mass is 32.1. The van der Waals surface area contributed by atoms with Crippen molar-refractivity contribution in [3.05, 3.63) is 82.5 Å². The molecule has 0 saturated carbocycles. The van der Waals surface area contributed by atoms with Crippen molar-refractivity contribution < 1.29 is 18.7 Å². The smallest absolute Gasteiger partial charge is 0.341 e. The summed E-state index contributed by atoms with van der Waals surface area (Å²) in [5.74, 6) is -1.26. The Morgan fingerprint density at radius 1 is 1.10 bits per heavy atom. The third kappa shape index (κ3) is 5.18. The Kier molecular flexibility index (Phi) is 6.57. The van der Waals surface area contributed by atoms with Gasteiger partial charge in [-0.15, -0.1) is 11.3 Å². The van der Waals surface area contributed by atoms with Crippen molar-refractivity contribution in [3.63, 3.8) is 0 Å². The van der Waals surface area contributed by atoms with Crippen molar-refractivity contribution in [3.8, 4) is 11.1 Å². The quantitative estimate of drug-likeness (QED) is 0.420. The van der Waals surface area contributed by atoms with Crippen LogP contribution in [0, 0.1) is 12.7 Å². The van der Waals surface area contributed by atoms with Crippen LogP contribution < -0.4 is 5.32 Å². The molecule has 148 valence electrons. The van der Waals surface area contributed by atoms with Crippen LogP contribution in [0.25, 0.3) is 17.2 Å². The molecule has 1 aromatic heterocycles. The minimum atomic E-state index is -0.536. The summed E-state index contributed by atoms with van der Waals surface area (Å²) in [6, 6.07) is 13.6. The summed E-state index contributed by atoms with van der Waals surface area (Å²) in [4.78, 5) is 24.9. The van der Waals surface area contributed by atoms with Gasteiger partial charge in [0.25, 0.3) is 0 Å². The van der Waals surface area contributed by atoms with Gasteiger partial charge >= 0.3 is 5.97 Å². The summed E-state index contributed by atoms with van der Waals surface area (Å²) < 4.78 is 18.4. The van der Waals surface area contributed by atoms with Crippen LogP contribution in [0.3, 0.4) is 0 Å². The van der Waals surface area contributed by atoms with Crippen LogP contribution in [0.4, 0.5) is 9.39 Å². The third-order valence-corrected chi connectivity index (χ3v) is 5.06. The van der Waals surface area contributed by atoms with Crippen molar-refractivity contribution in [2.75, 3.05) is 11.9 Å². The number of carbonyl (C=O) groups is 2. The van der Waals surface area contributed by atoms with Crippen LogP contribution >= 0.6 is 11.3 Å². The number of aryl methyl sites for hydroxylation is 1. The predicted octanol–water partition coefficient (Wildman–Crippen LogP) is 5.69. The van der Waals surface area contributed by atoms with Crippen LogP contribution in [0.1, 0.15) is 28.4 Å². The summed E-state index contributed by atoms with van der Waals surface area (Å²) >= 11 is 1.22. The molecule has 0 spiro atoms. The molecule has 2 aromatic carbocycles.